The van der Waals surface area contributed by atoms with Gasteiger partial charge in [0.25, 0.3) is 0 Å². The first kappa shape index (κ1) is 25.9. The van der Waals surface area contributed by atoms with Crippen LogP contribution in [0.3, 0.4) is 0 Å². The highest BCUT2D eigenvalue weighted by Gasteiger charge is 2.68. The Hall–Kier alpha value is -5.04. The van der Waals surface area contributed by atoms with Crippen LogP contribution in [0.2, 0.25) is 0 Å². The number of amides is 3. The van der Waals surface area contributed by atoms with Crippen LogP contribution in [0.25, 0.3) is 0 Å². The quantitative estimate of drug-likeness (QED) is 0.198. The molecule has 4 aliphatic rings. The fourth-order valence-corrected chi connectivity index (χ4v) is 7.27. The van der Waals surface area contributed by atoms with Crippen molar-refractivity contribution >= 4 is 29.6 Å². The number of benzene rings is 4. The van der Waals surface area contributed by atoms with E-state index < -0.39 is 17.3 Å². The molecule has 0 unspecified atom stereocenters. The molecular formula is C35H29N3O4. The molecule has 0 radical (unpaired) electrons. The van der Waals surface area contributed by atoms with E-state index in [2.05, 4.69) is 10.5 Å². The topological polar surface area (TPSA) is 88.1 Å². The molecule has 1 saturated heterocycles. The summed E-state index contributed by atoms with van der Waals surface area (Å²) in [7, 11) is 1.53. The van der Waals surface area contributed by atoms with Gasteiger partial charge in [0.15, 0.2) is 0 Å². The standard InChI is InChI=1S/C35H29N3O4/c1-42-28-18-10-9-17-27(28)38-33(40)31-30-23-13-5-7-15-25(23)35(32(31)34(38)41,26-16-8-6-14-24(26)30)21-36-37-29(39)20-19-22-11-3-2-4-12-22/h2-18,21,30-32H,19-20H2,1H3,(H,37,39)/b36-21-/t30?,31-,32+,35?/m0/s1. The lowest BCUT2D eigenvalue weighted by molar-refractivity contribution is -0.123. The smallest absolute Gasteiger partial charge is 0.240 e. The van der Waals surface area contributed by atoms with Gasteiger partial charge in [-0.3, -0.25) is 14.4 Å². The van der Waals surface area contributed by atoms with E-state index in [9.17, 15) is 14.4 Å². The molecule has 1 N–H and O–H groups in total. The molecule has 4 aromatic carbocycles. The number of methoxy groups -OCH3 is 1. The van der Waals surface area contributed by atoms with Gasteiger partial charge in [0, 0.05) is 18.6 Å². The highest BCUT2D eigenvalue weighted by molar-refractivity contribution is 6.25. The molecule has 2 atom stereocenters. The predicted octanol–water partition coefficient (Wildman–Crippen LogP) is 4.98. The first-order chi connectivity index (χ1) is 20.6. The Morgan fingerprint density at radius 1 is 0.857 bits per heavy atom. The highest BCUT2D eigenvalue weighted by atomic mass is 16.5. The molecule has 208 valence electrons. The van der Waals surface area contributed by atoms with Crippen LogP contribution in [0.5, 0.6) is 5.75 Å². The number of rotatable bonds is 7. The predicted molar refractivity (Wildman–Crippen MR) is 159 cm³/mol. The summed E-state index contributed by atoms with van der Waals surface area (Å²) >= 11 is 0. The molecule has 0 saturated carbocycles. The molecule has 2 bridgehead atoms. The van der Waals surface area contributed by atoms with Crippen LogP contribution in [-0.4, -0.2) is 31.0 Å². The van der Waals surface area contributed by atoms with E-state index in [4.69, 9.17) is 4.74 Å². The molecule has 1 fully saturated rings. The van der Waals surface area contributed by atoms with Crippen molar-refractivity contribution in [2.24, 2.45) is 16.9 Å². The summed E-state index contributed by atoms with van der Waals surface area (Å²) in [4.78, 5) is 42.9. The summed E-state index contributed by atoms with van der Waals surface area (Å²) in [5.74, 6) is -1.98. The number of nitrogens with zero attached hydrogens (tertiary/aromatic N) is 2. The fraction of sp³-hybridized carbons (Fsp3) is 0.200. The van der Waals surface area contributed by atoms with Gasteiger partial charge in [-0.25, -0.2) is 10.3 Å². The molecule has 1 heterocycles. The number of aryl methyl sites for hydroxylation is 1. The minimum atomic E-state index is -1.05. The van der Waals surface area contributed by atoms with Crippen molar-refractivity contribution in [2.75, 3.05) is 12.0 Å². The number of ether oxygens (including phenoxy) is 1. The number of hydrazone groups is 1. The first-order valence-corrected chi connectivity index (χ1v) is 14.1. The van der Waals surface area contributed by atoms with Crippen LogP contribution >= 0.6 is 0 Å². The van der Waals surface area contributed by atoms with Crippen LogP contribution in [0.4, 0.5) is 5.69 Å². The largest absolute Gasteiger partial charge is 0.495 e. The van der Waals surface area contributed by atoms with Crippen molar-refractivity contribution in [3.05, 3.63) is 131 Å². The second-order valence-corrected chi connectivity index (χ2v) is 11.0. The van der Waals surface area contributed by atoms with Gasteiger partial charge >= 0.3 is 0 Å². The van der Waals surface area contributed by atoms with E-state index in [0.717, 1.165) is 27.8 Å². The number of hydrogen-bond acceptors (Lipinski definition) is 5. The maximum absolute atomic E-state index is 14.5. The fourth-order valence-electron chi connectivity index (χ4n) is 7.27. The third-order valence-corrected chi connectivity index (χ3v) is 8.95. The number of carbonyl (C=O) groups is 3. The minimum absolute atomic E-state index is 0.224. The van der Waals surface area contributed by atoms with Gasteiger partial charge in [-0.05, 0) is 46.4 Å². The van der Waals surface area contributed by atoms with E-state index in [1.165, 1.54) is 12.0 Å². The molecule has 4 aromatic rings. The molecule has 1 aliphatic heterocycles. The summed E-state index contributed by atoms with van der Waals surface area (Å²) in [6.45, 7) is 0. The van der Waals surface area contributed by atoms with Crippen LogP contribution in [0, 0.1) is 11.8 Å². The number of nitrogens with one attached hydrogen (secondary N) is 1. The summed E-state index contributed by atoms with van der Waals surface area (Å²) in [5.41, 5.74) is 7.02. The van der Waals surface area contributed by atoms with Gasteiger partial charge in [0.2, 0.25) is 17.7 Å². The zero-order valence-corrected chi connectivity index (χ0v) is 23.1. The Kier molecular flexibility index (Phi) is 6.23. The minimum Gasteiger partial charge on any atom is -0.495 e. The molecule has 7 nitrogen and oxygen atoms in total. The lowest BCUT2D eigenvalue weighted by Gasteiger charge is -2.52. The van der Waals surface area contributed by atoms with Gasteiger partial charge in [0.05, 0.1) is 30.0 Å². The molecule has 8 rings (SSSR count). The number of hydrogen-bond donors (Lipinski definition) is 1. The molecular weight excluding hydrogens is 526 g/mol. The van der Waals surface area contributed by atoms with Crippen LogP contribution in [0.1, 0.15) is 40.2 Å². The van der Waals surface area contributed by atoms with Crippen molar-refractivity contribution in [1.29, 1.82) is 0 Å². The van der Waals surface area contributed by atoms with E-state index in [-0.39, 0.29) is 30.1 Å². The zero-order chi connectivity index (χ0) is 28.8. The van der Waals surface area contributed by atoms with E-state index >= 15 is 0 Å². The number of imide groups is 1. The van der Waals surface area contributed by atoms with Gasteiger partial charge in [-0.15, -0.1) is 0 Å². The first-order valence-electron chi connectivity index (χ1n) is 14.1. The van der Waals surface area contributed by atoms with E-state index in [0.29, 0.717) is 17.9 Å². The Balaban J connectivity index is 1.33. The Morgan fingerprint density at radius 3 is 2.17 bits per heavy atom. The molecule has 42 heavy (non-hydrogen) atoms. The zero-order valence-electron chi connectivity index (χ0n) is 23.1. The Morgan fingerprint density at radius 2 is 1.48 bits per heavy atom. The van der Waals surface area contributed by atoms with Gasteiger partial charge in [-0.1, -0.05) is 91.0 Å². The third kappa shape index (κ3) is 3.73. The van der Waals surface area contributed by atoms with Gasteiger partial charge in [0.1, 0.15) is 5.75 Å². The maximum atomic E-state index is 14.5. The van der Waals surface area contributed by atoms with Crippen molar-refractivity contribution in [2.45, 2.75) is 24.2 Å². The number of carbonyl (C=O) groups excluding carboxylic acids is 3. The lowest BCUT2D eigenvalue weighted by Crippen LogP contribution is -2.54. The average Bonchev–Trinajstić information content (AvgIpc) is 3.31. The summed E-state index contributed by atoms with van der Waals surface area (Å²) in [6.07, 6.45) is 2.55. The normalized spacial score (nSPS) is 23.5. The van der Waals surface area contributed by atoms with E-state index in [1.807, 2.05) is 84.9 Å². The highest BCUT2D eigenvalue weighted by Crippen LogP contribution is 2.63. The number of para-hydroxylation sites is 2. The molecule has 7 heteroatoms. The van der Waals surface area contributed by atoms with Gasteiger partial charge in [-0.2, -0.15) is 5.10 Å². The Labute approximate surface area is 243 Å². The lowest BCUT2D eigenvalue weighted by atomic mass is 9.47. The molecule has 0 aromatic heterocycles. The maximum Gasteiger partial charge on any atom is 0.240 e. The summed E-state index contributed by atoms with van der Waals surface area (Å²) in [6, 6.07) is 32.8. The van der Waals surface area contributed by atoms with Crippen molar-refractivity contribution in [3.63, 3.8) is 0 Å². The van der Waals surface area contributed by atoms with Crippen molar-refractivity contribution in [1.82, 2.24) is 5.43 Å². The van der Waals surface area contributed by atoms with Crippen LogP contribution in [-0.2, 0) is 26.2 Å². The molecule has 3 amide bonds. The SMILES string of the molecule is COc1ccccc1N1C(=O)[C@H]2C3c4ccccc4C(/C=N\NC(=O)CCc4ccccc4)(c4ccccc43)[C@H]2C1=O. The van der Waals surface area contributed by atoms with E-state index in [1.54, 1.807) is 24.4 Å². The third-order valence-electron chi connectivity index (χ3n) is 8.95. The number of anilines is 1. The van der Waals surface area contributed by atoms with Crippen LogP contribution < -0.4 is 15.1 Å². The average molecular weight is 556 g/mol. The van der Waals surface area contributed by atoms with Crippen molar-refractivity contribution in [3.8, 4) is 5.75 Å². The van der Waals surface area contributed by atoms with Crippen LogP contribution in [0.15, 0.2) is 108 Å². The second-order valence-electron chi connectivity index (χ2n) is 11.0. The molecule has 3 aliphatic carbocycles. The Bertz CT molecular complexity index is 1700. The second kappa shape index (κ2) is 10.1. The summed E-state index contributed by atoms with van der Waals surface area (Å²) < 4.78 is 5.55. The monoisotopic (exact) mass is 555 g/mol. The van der Waals surface area contributed by atoms with Crippen molar-refractivity contribution < 1.29 is 19.1 Å². The van der Waals surface area contributed by atoms with Gasteiger partial charge < -0.3 is 4.74 Å². The molecule has 0 spiro atoms. The summed E-state index contributed by atoms with van der Waals surface area (Å²) in [5, 5.41) is 4.49.